The molecule has 3 N–H and O–H groups in total. The fourth-order valence-corrected chi connectivity index (χ4v) is 2.43. The van der Waals surface area contributed by atoms with Crippen LogP contribution in [0.1, 0.15) is 19.3 Å². The number of carboxylic acid groups (broad SMARTS) is 1. The van der Waals surface area contributed by atoms with E-state index in [1.807, 2.05) is 0 Å². The number of hydrogen-bond donors (Lipinski definition) is 3. The lowest BCUT2D eigenvalue weighted by molar-refractivity contribution is -0.384. The van der Waals surface area contributed by atoms with Gasteiger partial charge in [0.2, 0.25) is 0 Å². The molecule has 2 rings (SSSR count). The number of aliphatic carboxylic acids is 1. The standard InChI is InChI=1S/C13H15N3O5/c17-12(18)10-2-1-3-11(10)15-13(19)14-8-4-6-9(7-5-8)16(20)21/h4-7,10-11H,1-3H2,(H,17,18)(H2,14,15,19). The Morgan fingerprint density at radius 3 is 2.48 bits per heavy atom. The van der Waals surface area contributed by atoms with Gasteiger partial charge in [0.1, 0.15) is 0 Å². The monoisotopic (exact) mass is 293 g/mol. The molecule has 1 aliphatic carbocycles. The maximum Gasteiger partial charge on any atom is 0.319 e. The molecule has 1 aliphatic rings. The number of nitro benzene ring substituents is 1. The zero-order valence-electron chi connectivity index (χ0n) is 11.1. The second-order valence-corrected chi connectivity index (χ2v) is 4.88. The number of urea groups is 1. The summed E-state index contributed by atoms with van der Waals surface area (Å²) in [5.41, 5.74) is 0.339. The number of carbonyl (C=O) groups is 2. The van der Waals surface area contributed by atoms with E-state index in [4.69, 9.17) is 5.11 Å². The van der Waals surface area contributed by atoms with Crippen LogP contribution in [0.25, 0.3) is 0 Å². The molecule has 0 aromatic heterocycles. The van der Waals surface area contributed by atoms with E-state index < -0.39 is 22.8 Å². The van der Waals surface area contributed by atoms with Gasteiger partial charge in [-0.25, -0.2) is 4.79 Å². The summed E-state index contributed by atoms with van der Waals surface area (Å²) >= 11 is 0. The molecule has 0 bridgehead atoms. The van der Waals surface area contributed by atoms with E-state index in [1.165, 1.54) is 24.3 Å². The van der Waals surface area contributed by atoms with Gasteiger partial charge in [0.25, 0.3) is 5.69 Å². The van der Waals surface area contributed by atoms with E-state index >= 15 is 0 Å². The van der Waals surface area contributed by atoms with E-state index in [9.17, 15) is 19.7 Å². The molecule has 0 heterocycles. The first-order chi connectivity index (χ1) is 9.97. The average Bonchev–Trinajstić information content (AvgIpc) is 2.87. The first-order valence-electron chi connectivity index (χ1n) is 6.52. The Morgan fingerprint density at radius 2 is 1.90 bits per heavy atom. The van der Waals surface area contributed by atoms with Crippen molar-refractivity contribution in [2.45, 2.75) is 25.3 Å². The van der Waals surface area contributed by atoms with E-state index in [0.29, 0.717) is 18.5 Å². The molecular formula is C13H15N3O5. The SMILES string of the molecule is O=C(Nc1ccc([N+](=O)[O-])cc1)NC1CCCC1C(=O)O. The zero-order valence-corrected chi connectivity index (χ0v) is 11.1. The summed E-state index contributed by atoms with van der Waals surface area (Å²) in [6.45, 7) is 0. The van der Waals surface area contributed by atoms with Gasteiger partial charge in [0.15, 0.2) is 0 Å². The van der Waals surface area contributed by atoms with Crippen molar-refractivity contribution in [2.75, 3.05) is 5.32 Å². The number of amides is 2. The van der Waals surface area contributed by atoms with Gasteiger partial charge in [-0.1, -0.05) is 6.42 Å². The average molecular weight is 293 g/mol. The Hall–Kier alpha value is -2.64. The highest BCUT2D eigenvalue weighted by molar-refractivity contribution is 5.90. The molecule has 0 aliphatic heterocycles. The molecule has 1 saturated carbocycles. The third-order valence-electron chi connectivity index (χ3n) is 3.49. The summed E-state index contributed by atoms with van der Waals surface area (Å²) < 4.78 is 0. The van der Waals surface area contributed by atoms with Gasteiger partial charge in [-0.15, -0.1) is 0 Å². The lowest BCUT2D eigenvalue weighted by Gasteiger charge is -2.17. The molecule has 1 aromatic rings. The summed E-state index contributed by atoms with van der Waals surface area (Å²) in [6, 6.07) is 4.50. The number of benzene rings is 1. The van der Waals surface area contributed by atoms with Crippen molar-refractivity contribution in [3.05, 3.63) is 34.4 Å². The molecule has 2 unspecified atom stereocenters. The van der Waals surface area contributed by atoms with E-state index in [2.05, 4.69) is 10.6 Å². The van der Waals surface area contributed by atoms with Crippen molar-refractivity contribution in [2.24, 2.45) is 5.92 Å². The van der Waals surface area contributed by atoms with Crippen LogP contribution in [0.3, 0.4) is 0 Å². The van der Waals surface area contributed by atoms with Gasteiger partial charge < -0.3 is 15.7 Å². The van der Waals surface area contributed by atoms with Crippen LogP contribution in [0, 0.1) is 16.0 Å². The number of anilines is 1. The molecule has 112 valence electrons. The number of carbonyl (C=O) groups excluding carboxylic acids is 1. The molecule has 0 radical (unpaired) electrons. The Labute approximate surface area is 120 Å². The van der Waals surface area contributed by atoms with Gasteiger partial charge in [0, 0.05) is 23.9 Å². The van der Waals surface area contributed by atoms with Gasteiger partial charge >= 0.3 is 12.0 Å². The summed E-state index contributed by atoms with van der Waals surface area (Å²) in [6.07, 6.45) is 1.95. The second-order valence-electron chi connectivity index (χ2n) is 4.88. The van der Waals surface area contributed by atoms with Crippen LogP contribution in [0.2, 0.25) is 0 Å². The molecule has 8 heteroatoms. The second kappa shape index (κ2) is 6.21. The van der Waals surface area contributed by atoms with E-state index in [1.54, 1.807) is 0 Å². The topological polar surface area (TPSA) is 122 Å². The molecule has 2 atom stereocenters. The maximum absolute atomic E-state index is 11.8. The fraction of sp³-hybridized carbons (Fsp3) is 0.385. The maximum atomic E-state index is 11.8. The molecule has 0 saturated heterocycles. The number of nitrogens with one attached hydrogen (secondary N) is 2. The minimum Gasteiger partial charge on any atom is -0.481 e. The molecule has 1 fully saturated rings. The highest BCUT2D eigenvalue weighted by atomic mass is 16.6. The van der Waals surface area contributed by atoms with Gasteiger partial charge in [-0.3, -0.25) is 14.9 Å². The van der Waals surface area contributed by atoms with Crippen LogP contribution in [-0.2, 0) is 4.79 Å². The molecule has 0 spiro atoms. The van der Waals surface area contributed by atoms with Crippen LogP contribution < -0.4 is 10.6 Å². The lowest BCUT2D eigenvalue weighted by atomic mass is 10.0. The van der Waals surface area contributed by atoms with Gasteiger partial charge in [0.05, 0.1) is 10.8 Å². The first kappa shape index (κ1) is 14.8. The largest absolute Gasteiger partial charge is 0.481 e. The molecule has 8 nitrogen and oxygen atoms in total. The minimum atomic E-state index is -0.909. The van der Waals surface area contributed by atoms with Crippen LogP contribution >= 0.6 is 0 Å². The Kier molecular flexibility index (Phi) is 4.36. The van der Waals surface area contributed by atoms with Crippen LogP contribution in [0.15, 0.2) is 24.3 Å². The number of nitro groups is 1. The Balaban J connectivity index is 1.92. The predicted octanol–water partition coefficient (Wildman–Crippen LogP) is 1.97. The van der Waals surface area contributed by atoms with Crippen molar-refractivity contribution >= 4 is 23.4 Å². The predicted molar refractivity (Wildman–Crippen MR) is 74.0 cm³/mol. The number of non-ortho nitro benzene ring substituents is 1. The molecule has 21 heavy (non-hydrogen) atoms. The third-order valence-corrected chi connectivity index (χ3v) is 3.49. The summed E-state index contributed by atoms with van der Waals surface area (Å²) in [7, 11) is 0. The third kappa shape index (κ3) is 3.68. The summed E-state index contributed by atoms with van der Waals surface area (Å²) in [5, 5.41) is 24.7. The quantitative estimate of drug-likeness (QED) is 0.578. The highest BCUT2D eigenvalue weighted by Crippen LogP contribution is 2.26. The zero-order chi connectivity index (χ0) is 15.4. The fourth-order valence-electron chi connectivity index (χ4n) is 2.43. The molecule has 1 aromatic carbocycles. The van der Waals surface area contributed by atoms with Gasteiger partial charge in [-0.05, 0) is 25.0 Å². The number of hydrogen-bond acceptors (Lipinski definition) is 4. The van der Waals surface area contributed by atoms with Crippen LogP contribution in [0.5, 0.6) is 0 Å². The number of rotatable bonds is 4. The van der Waals surface area contributed by atoms with Crippen molar-refractivity contribution in [3.63, 3.8) is 0 Å². The number of nitrogens with zero attached hydrogens (tertiary/aromatic N) is 1. The number of carboxylic acids is 1. The minimum absolute atomic E-state index is 0.0670. The normalized spacial score (nSPS) is 20.8. The Bertz CT molecular complexity index is 557. The Morgan fingerprint density at radius 1 is 1.24 bits per heavy atom. The smallest absolute Gasteiger partial charge is 0.319 e. The van der Waals surface area contributed by atoms with E-state index in [-0.39, 0.29) is 11.7 Å². The van der Waals surface area contributed by atoms with Crippen molar-refractivity contribution in [3.8, 4) is 0 Å². The summed E-state index contributed by atoms with van der Waals surface area (Å²) in [5.74, 6) is -1.47. The van der Waals surface area contributed by atoms with Crippen molar-refractivity contribution in [1.82, 2.24) is 5.32 Å². The van der Waals surface area contributed by atoms with Crippen molar-refractivity contribution < 1.29 is 19.6 Å². The molecule has 2 amide bonds. The van der Waals surface area contributed by atoms with E-state index in [0.717, 1.165) is 6.42 Å². The highest BCUT2D eigenvalue weighted by Gasteiger charge is 2.33. The first-order valence-corrected chi connectivity index (χ1v) is 6.52. The lowest BCUT2D eigenvalue weighted by Crippen LogP contribution is -2.42. The van der Waals surface area contributed by atoms with Crippen LogP contribution in [-0.4, -0.2) is 28.1 Å². The summed E-state index contributed by atoms with van der Waals surface area (Å²) in [4.78, 5) is 32.8. The van der Waals surface area contributed by atoms with Crippen LogP contribution in [0.4, 0.5) is 16.2 Å². The van der Waals surface area contributed by atoms with Gasteiger partial charge in [-0.2, -0.15) is 0 Å². The molecular weight excluding hydrogens is 278 g/mol. The van der Waals surface area contributed by atoms with Crippen molar-refractivity contribution in [1.29, 1.82) is 0 Å².